The predicted octanol–water partition coefficient (Wildman–Crippen LogP) is 1.00. The number of hydrogen-bond acceptors (Lipinski definition) is 9. The van der Waals surface area contributed by atoms with E-state index in [4.69, 9.17) is 10.5 Å². The highest BCUT2D eigenvalue weighted by Crippen LogP contribution is 2.34. The van der Waals surface area contributed by atoms with Crippen molar-refractivity contribution in [1.82, 2.24) is 20.3 Å². The summed E-state index contributed by atoms with van der Waals surface area (Å²) in [4.78, 5) is 29.7. The summed E-state index contributed by atoms with van der Waals surface area (Å²) in [7, 11) is 0. The molecule has 4 heterocycles. The molecule has 30 heavy (non-hydrogen) atoms. The van der Waals surface area contributed by atoms with Crippen molar-refractivity contribution in [2.45, 2.75) is 26.3 Å². The third kappa shape index (κ3) is 4.54. The molecule has 0 saturated carbocycles. The van der Waals surface area contributed by atoms with Crippen LogP contribution < -0.4 is 30.9 Å². The van der Waals surface area contributed by atoms with Crippen molar-refractivity contribution in [3.8, 4) is 6.01 Å². The first-order valence-corrected chi connectivity index (χ1v) is 10.4. The number of anilines is 4. The zero-order valence-electron chi connectivity index (χ0n) is 17.2. The number of nitrogens with two attached hydrogens (primary N) is 1. The van der Waals surface area contributed by atoms with Crippen molar-refractivity contribution in [2.24, 2.45) is 0 Å². The lowest BCUT2D eigenvalue weighted by Gasteiger charge is -2.31. The molecule has 10 nitrogen and oxygen atoms in total. The Labute approximate surface area is 175 Å². The van der Waals surface area contributed by atoms with Crippen LogP contribution in [-0.4, -0.2) is 60.2 Å². The Morgan fingerprint density at radius 2 is 2.07 bits per heavy atom. The first-order valence-electron chi connectivity index (χ1n) is 10.4. The van der Waals surface area contributed by atoms with Gasteiger partial charge in [-0.1, -0.05) is 19.4 Å². The van der Waals surface area contributed by atoms with E-state index in [1.54, 1.807) is 0 Å². The number of aromatic nitrogens is 3. The van der Waals surface area contributed by atoms with E-state index in [0.717, 1.165) is 50.4 Å². The van der Waals surface area contributed by atoms with Gasteiger partial charge in [0, 0.05) is 38.9 Å². The molecule has 1 amide bonds. The lowest BCUT2D eigenvalue weighted by atomic mass is 10.2. The van der Waals surface area contributed by atoms with Gasteiger partial charge in [0.25, 0.3) is 0 Å². The largest absolute Gasteiger partial charge is 0.463 e. The molecular formula is C20H28N8O2. The van der Waals surface area contributed by atoms with Crippen LogP contribution in [0.2, 0.25) is 0 Å². The van der Waals surface area contributed by atoms with E-state index in [2.05, 4.69) is 37.4 Å². The summed E-state index contributed by atoms with van der Waals surface area (Å²) in [5.74, 6) is 1.59. The van der Waals surface area contributed by atoms with Crippen molar-refractivity contribution in [2.75, 3.05) is 60.2 Å². The first kappa shape index (κ1) is 20.1. The van der Waals surface area contributed by atoms with Crippen molar-refractivity contribution < 1.29 is 9.53 Å². The maximum atomic E-state index is 12.2. The Morgan fingerprint density at radius 3 is 2.80 bits per heavy atom. The Morgan fingerprint density at radius 1 is 1.23 bits per heavy atom. The molecule has 0 bridgehead atoms. The summed E-state index contributed by atoms with van der Waals surface area (Å²) >= 11 is 0. The second-order valence-corrected chi connectivity index (χ2v) is 7.46. The summed E-state index contributed by atoms with van der Waals surface area (Å²) < 4.78 is 5.64. The molecule has 0 radical (unpaired) electrons. The Hall–Kier alpha value is -3.14. The maximum absolute atomic E-state index is 12.2. The fourth-order valence-electron chi connectivity index (χ4n) is 3.54. The lowest BCUT2D eigenvalue weighted by Crippen LogP contribution is -2.43. The number of pyridine rings is 1. The number of fused-ring (bicyclic) bond motifs is 1. The zero-order chi connectivity index (χ0) is 20.9. The number of piperazine rings is 1. The molecule has 0 atom stereocenters. The minimum absolute atomic E-state index is 0.150. The lowest BCUT2D eigenvalue weighted by molar-refractivity contribution is -0.115. The van der Waals surface area contributed by atoms with Gasteiger partial charge in [-0.15, -0.1) is 0 Å². The Balaban J connectivity index is 1.52. The van der Waals surface area contributed by atoms with Gasteiger partial charge < -0.3 is 30.9 Å². The van der Waals surface area contributed by atoms with Crippen molar-refractivity contribution in [1.29, 1.82) is 0 Å². The van der Waals surface area contributed by atoms with Crippen LogP contribution in [0, 0.1) is 0 Å². The molecule has 10 heteroatoms. The van der Waals surface area contributed by atoms with Crippen LogP contribution in [0.5, 0.6) is 6.01 Å². The molecule has 0 spiro atoms. The van der Waals surface area contributed by atoms with Crippen LogP contribution >= 0.6 is 0 Å². The third-order valence-electron chi connectivity index (χ3n) is 5.15. The SMILES string of the molecule is CCCCOc1nc(N)c2c(n1)N(Cc1ccc(N3CCNCC3)nc1)CC(=O)N2. The highest BCUT2D eigenvalue weighted by atomic mass is 16.5. The number of carbonyl (C=O) groups excluding carboxylic acids is 1. The first-order chi connectivity index (χ1) is 14.6. The Bertz CT molecular complexity index is 883. The molecular weight excluding hydrogens is 384 g/mol. The van der Waals surface area contributed by atoms with Gasteiger partial charge in [0.2, 0.25) is 5.91 Å². The fraction of sp³-hybridized carbons (Fsp3) is 0.500. The minimum Gasteiger partial charge on any atom is -0.463 e. The molecule has 4 rings (SSSR count). The average molecular weight is 412 g/mol. The number of unbranched alkanes of at least 4 members (excludes halogenated alkanes) is 1. The van der Waals surface area contributed by atoms with Gasteiger partial charge in [-0.05, 0) is 18.1 Å². The number of nitrogens with one attached hydrogen (secondary N) is 2. The smallest absolute Gasteiger partial charge is 0.320 e. The normalized spacial score (nSPS) is 16.2. The summed E-state index contributed by atoms with van der Waals surface area (Å²) in [6, 6.07) is 4.30. The van der Waals surface area contributed by atoms with E-state index in [0.29, 0.717) is 24.7 Å². The molecule has 4 N–H and O–H groups in total. The van der Waals surface area contributed by atoms with E-state index < -0.39 is 0 Å². The topological polar surface area (TPSA) is 122 Å². The van der Waals surface area contributed by atoms with Gasteiger partial charge >= 0.3 is 6.01 Å². The van der Waals surface area contributed by atoms with Crippen molar-refractivity contribution >= 4 is 29.0 Å². The second-order valence-electron chi connectivity index (χ2n) is 7.46. The van der Waals surface area contributed by atoms with E-state index >= 15 is 0 Å². The van der Waals surface area contributed by atoms with Crippen LogP contribution in [0.25, 0.3) is 0 Å². The minimum atomic E-state index is -0.150. The Kier molecular flexibility index (Phi) is 6.12. The molecule has 1 fully saturated rings. The van der Waals surface area contributed by atoms with Gasteiger partial charge in [-0.3, -0.25) is 4.79 Å². The van der Waals surface area contributed by atoms with Crippen molar-refractivity contribution in [3.63, 3.8) is 0 Å². The third-order valence-corrected chi connectivity index (χ3v) is 5.15. The zero-order valence-corrected chi connectivity index (χ0v) is 17.2. The molecule has 2 aliphatic rings. The molecule has 2 aromatic rings. The van der Waals surface area contributed by atoms with Crippen LogP contribution in [0.4, 0.5) is 23.1 Å². The van der Waals surface area contributed by atoms with Gasteiger partial charge in [0.1, 0.15) is 11.5 Å². The molecule has 2 aromatic heterocycles. The van der Waals surface area contributed by atoms with Gasteiger partial charge in [0.15, 0.2) is 11.6 Å². The molecule has 0 unspecified atom stereocenters. The predicted molar refractivity (Wildman–Crippen MR) is 116 cm³/mol. The van der Waals surface area contributed by atoms with Crippen molar-refractivity contribution in [3.05, 3.63) is 23.9 Å². The number of nitrogens with zero attached hydrogens (tertiary/aromatic N) is 5. The monoisotopic (exact) mass is 412 g/mol. The fourth-order valence-corrected chi connectivity index (χ4v) is 3.54. The van der Waals surface area contributed by atoms with E-state index in [1.165, 1.54) is 0 Å². The number of rotatable bonds is 7. The summed E-state index contributed by atoms with van der Waals surface area (Å²) in [6.07, 6.45) is 3.78. The molecule has 2 aliphatic heterocycles. The van der Waals surface area contributed by atoms with Crippen LogP contribution in [0.15, 0.2) is 18.3 Å². The van der Waals surface area contributed by atoms with Crippen LogP contribution in [0.1, 0.15) is 25.3 Å². The molecule has 0 aromatic carbocycles. The van der Waals surface area contributed by atoms with Gasteiger partial charge in [0.05, 0.1) is 13.2 Å². The number of carbonyl (C=O) groups is 1. The molecule has 0 aliphatic carbocycles. The standard InChI is InChI=1S/C20H28N8O2/c1-2-3-10-30-20-25-18(21)17-19(26-20)28(13-16(29)24-17)12-14-4-5-15(23-11-14)27-8-6-22-7-9-27/h4-5,11,22H,2-3,6-10,12-13H2,1H3,(H,24,29)(H2,21,25,26). The van der Waals surface area contributed by atoms with E-state index in [9.17, 15) is 4.79 Å². The number of nitrogen functional groups attached to an aromatic ring is 1. The van der Waals surface area contributed by atoms with Gasteiger partial charge in [-0.25, -0.2) is 4.98 Å². The molecule has 160 valence electrons. The maximum Gasteiger partial charge on any atom is 0.320 e. The average Bonchev–Trinajstić information content (AvgIpc) is 2.76. The van der Waals surface area contributed by atoms with Crippen LogP contribution in [-0.2, 0) is 11.3 Å². The number of ether oxygens (including phenoxy) is 1. The van der Waals surface area contributed by atoms with E-state index in [-0.39, 0.29) is 24.3 Å². The van der Waals surface area contributed by atoms with E-state index in [1.807, 2.05) is 23.2 Å². The second kappa shape index (κ2) is 9.12. The quantitative estimate of drug-likeness (QED) is 0.572. The summed E-state index contributed by atoms with van der Waals surface area (Å²) in [5.41, 5.74) is 7.49. The highest BCUT2D eigenvalue weighted by molar-refractivity contribution is 6.03. The summed E-state index contributed by atoms with van der Waals surface area (Å²) in [5, 5.41) is 6.12. The molecule has 1 saturated heterocycles. The summed E-state index contributed by atoms with van der Waals surface area (Å²) in [6.45, 7) is 7.10. The van der Waals surface area contributed by atoms with Crippen LogP contribution in [0.3, 0.4) is 0 Å². The number of hydrogen-bond donors (Lipinski definition) is 3. The highest BCUT2D eigenvalue weighted by Gasteiger charge is 2.27. The number of amides is 1. The van der Waals surface area contributed by atoms with Gasteiger partial charge in [-0.2, -0.15) is 9.97 Å².